The molecule has 0 spiro atoms. The van der Waals surface area contributed by atoms with Crippen LogP contribution in [0.25, 0.3) is 11.0 Å². The summed E-state index contributed by atoms with van der Waals surface area (Å²) in [5.74, 6) is 0.214. The lowest BCUT2D eigenvalue weighted by Gasteiger charge is -2.14. The van der Waals surface area contributed by atoms with E-state index in [9.17, 15) is 18.0 Å². The molecule has 0 unspecified atom stereocenters. The Hall–Kier alpha value is -2.78. The maximum Gasteiger partial charge on any atom is 0.416 e. The fourth-order valence-electron chi connectivity index (χ4n) is 3.55. The number of aromatic nitrogens is 4. The van der Waals surface area contributed by atoms with Gasteiger partial charge in [-0.15, -0.1) is 0 Å². The molecule has 172 valence electrons. The van der Waals surface area contributed by atoms with Crippen LogP contribution in [-0.4, -0.2) is 19.3 Å². The number of alkyl halides is 3. The highest BCUT2D eigenvalue weighted by Gasteiger charge is 2.30. The zero-order valence-electron chi connectivity index (χ0n) is 17.9. The molecule has 10 heteroatoms. The maximum atomic E-state index is 13.5. The first-order valence-corrected chi connectivity index (χ1v) is 11.6. The molecule has 0 radical (unpaired) electrons. The van der Waals surface area contributed by atoms with Gasteiger partial charge in [0.25, 0.3) is 5.56 Å². The summed E-state index contributed by atoms with van der Waals surface area (Å²) in [6, 6.07) is 12.3. The second-order valence-electron chi connectivity index (χ2n) is 7.46. The van der Waals surface area contributed by atoms with Gasteiger partial charge in [-0.05, 0) is 37.1 Å². The van der Waals surface area contributed by atoms with Crippen molar-refractivity contribution in [1.82, 2.24) is 19.3 Å². The monoisotopic (exact) mass is 492 g/mol. The molecule has 0 aliphatic rings. The highest BCUT2D eigenvalue weighted by Crippen LogP contribution is 2.31. The van der Waals surface area contributed by atoms with Gasteiger partial charge >= 0.3 is 6.18 Å². The first-order valence-electron chi connectivity index (χ1n) is 10.2. The smallest absolute Gasteiger partial charge is 0.281 e. The third-order valence-electron chi connectivity index (χ3n) is 5.19. The quantitative estimate of drug-likeness (QED) is 0.247. The van der Waals surface area contributed by atoms with E-state index >= 15 is 0 Å². The van der Waals surface area contributed by atoms with Gasteiger partial charge in [-0.3, -0.25) is 14.0 Å². The van der Waals surface area contributed by atoms with Crippen LogP contribution in [0.4, 0.5) is 13.2 Å². The van der Waals surface area contributed by atoms with Crippen LogP contribution in [0.2, 0.25) is 5.02 Å². The van der Waals surface area contributed by atoms with Crippen molar-refractivity contribution in [3.05, 3.63) is 86.3 Å². The molecule has 4 aromatic rings. The zero-order chi connectivity index (χ0) is 23.8. The van der Waals surface area contributed by atoms with Crippen molar-refractivity contribution < 1.29 is 13.2 Å². The Bertz CT molecular complexity index is 1380. The third kappa shape index (κ3) is 4.79. The first kappa shape index (κ1) is 23.4. The molecule has 0 atom stereocenters. The third-order valence-corrected chi connectivity index (χ3v) is 6.61. The predicted molar refractivity (Wildman–Crippen MR) is 124 cm³/mol. The van der Waals surface area contributed by atoms with Gasteiger partial charge in [0.15, 0.2) is 10.7 Å². The molecule has 2 heterocycles. The van der Waals surface area contributed by atoms with Crippen molar-refractivity contribution in [3.63, 3.8) is 0 Å². The molecule has 2 aromatic carbocycles. The van der Waals surface area contributed by atoms with Gasteiger partial charge in [-0.1, -0.05) is 59.8 Å². The summed E-state index contributed by atoms with van der Waals surface area (Å²) in [4.78, 5) is 18.2. The van der Waals surface area contributed by atoms with E-state index in [1.807, 2.05) is 19.1 Å². The number of halogens is 4. The molecular weight excluding hydrogens is 473 g/mol. The number of aryl methyl sites for hydroxylation is 2. The van der Waals surface area contributed by atoms with E-state index in [1.54, 1.807) is 29.8 Å². The van der Waals surface area contributed by atoms with E-state index in [4.69, 9.17) is 16.6 Å². The lowest BCUT2D eigenvalue weighted by Crippen LogP contribution is -2.25. The Morgan fingerprint density at radius 1 is 1.12 bits per heavy atom. The molecule has 2 aromatic heterocycles. The van der Waals surface area contributed by atoms with Crippen LogP contribution in [0.5, 0.6) is 0 Å². The Morgan fingerprint density at radius 2 is 1.88 bits per heavy atom. The number of thioether (sulfide) groups is 1. The van der Waals surface area contributed by atoms with E-state index in [0.29, 0.717) is 39.0 Å². The zero-order valence-corrected chi connectivity index (χ0v) is 19.4. The Balaban J connectivity index is 1.78. The molecule has 33 heavy (non-hydrogen) atoms. The second-order valence-corrected chi connectivity index (χ2v) is 8.81. The van der Waals surface area contributed by atoms with Gasteiger partial charge in [0.05, 0.1) is 17.8 Å². The topological polar surface area (TPSA) is 52.7 Å². The van der Waals surface area contributed by atoms with Gasteiger partial charge in [0, 0.05) is 17.3 Å². The van der Waals surface area contributed by atoms with Gasteiger partial charge in [0.1, 0.15) is 5.52 Å². The highest BCUT2D eigenvalue weighted by molar-refractivity contribution is 7.98. The van der Waals surface area contributed by atoms with Crippen molar-refractivity contribution in [2.45, 2.75) is 44.0 Å². The van der Waals surface area contributed by atoms with Crippen molar-refractivity contribution >= 4 is 34.4 Å². The summed E-state index contributed by atoms with van der Waals surface area (Å²) in [6.07, 6.45) is -4.42. The standard InChI is InChI=1S/C23H20ClF3N4OS/c1-3-31-20-19(14(2)29-31)28-22(30(21(20)32)12-16-8-4-5-10-18(16)24)33-13-15-7-6-9-17(11-15)23(25,26)27/h4-11H,3,12-13H2,1-2H3. The van der Waals surface area contributed by atoms with Crippen molar-refractivity contribution in [3.8, 4) is 0 Å². The Labute approximate surface area is 197 Å². The van der Waals surface area contributed by atoms with Crippen LogP contribution in [0.1, 0.15) is 29.3 Å². The average molecular weight is 493 g/mol. The van der Waals surface area contributed by atoms with Crippen LogP contribution in [0, 0.1) is 6.92 Å². The fourth-order valence-corrected chi connectivity index (χ4v) is 4.68. The lowest BCUT2D eigenvalue weighted by molar-refractivity contribution is -0.137. The van der Waals surface area contributed by atoms with Crippen molar-refractivity contribution in [1.29, 1.82) is 0 Å². The fraction of sp³-hybridized carbons (Fsp3) is 0.261. The van der Waals surface area contributed by atoms with Crippen molar-refractivity contribution in [2.24, 2.45) is 0 Å². The van der Waals surface area contributed by atoms with E-state index < -0.39 is 11.7 Å². The van der Waals surface area contributed by atoms with E-state index in [2.05, 4.69) is 5.10 Å². The predicted octanol–water partition coefficient (Wildman–Crippen LogP) is 5.93. The van der Waals surface area contributed by atoms with E-state index in [-0.39, 0.29) is 17.9 Å². The van der Waals surface area contributed by atoms with E-state index in [1.165, 1.54) is 22.4 Å². The molecule has 5 nitrogen and oxygen atoms in total. The molecule has 0 aliphatic heterocycles. The minimum Gasteiger partial charge on any atom is -0.281 e. The summed E-state index contributed by atoms with van der Waals surface area (Å²) in [6.45, 7) is 4.35. The van der Waals surface area contributed by atoms with Crippen molar-refractivity contribution in [2.75, 3.05) is 0 Å². The molecule has 0 aliphatic carbocycles. The summed E-state index contributed by atoms with van der Waals surface area (Å²) in [7, 11) is 0. The molecule has 0 saturated carbocycles. The molecule has 4 rings (SSSR count). The molecule has 0 bridgehead atoms. The van der Waals surface area contributed by atoms with Crippen LogP contribution >= 0.6 is 23.4 Å². The number of rotatable bonds is 6. The largest absolute Gasteiger partial charge is 0.416 e. The molecular formula is C23H20ClF3N4OS. The minimum absolute atomic E-state index is 0.181. The lowest BCUT2D eigenvalue weighted by atomic mass is 10.1. The van der Waals surface area contributed by atoms with Crippen LogP contribution in [0.3, 0.4) is 0 Å². The van der Waals surface area contributed by atoms with Gasteiger partial charge < -0.3 is 0 Å². The molecule has 0 N–H and O–H groups in total. The number of hydrogen-bond acceptors (Lipinski definition) is 4. The Kier molecular flexibility index (Phi) is 6.54. The number of benzene rings is 2. The molecule has 0 fully saturated rings. The SMILES string of the molecule is CCn1nc(C)c2nc(SCc3cccc(C(F)(F)F)c3)n(Cc3ccccc3Cl)c(=O)c21. The molecule has 0 amide bonds. The average Bonchev–Trinajstić information content (AvgIpc) is 3.11. The van der Waals surface area contributed by atoms with Gasteiger partial charge in [-0.25, -0.2) is 4.98 Å². The summed E-state index contributed by atoms with van der Waals surface area (Å²) >= 11 is 7.53. The van der Waals surface area contributed by atoms with Crippen LogP contribution < -0.4 is 5.56 Å². The van der Waals surface area contributed by atoms with Gasteiger partial charge in [0.2, 0.25) is 0 Å². The van der Waals surface area contributed by atoms with Gasteiger partial charge in [-0.2, -0.15) is 18.3 Å². The summed E-state index contributed by atoms with van der Waals surface area (Å²) < 4.78 is 42.4. The number of fused-ring (bicyclic) bond motifs is 1. The van der Waals surface area contributed by atoms with Crippen LogP contribution in [-0.2, 0) is 25.0 Å². The minimum atomic E-state index is -4.42. The molecule has 0 saturated heterocycles. The van der Waals surface area contributed by atoms with E-state index in [0.717, 1.165) is 17.7 Å². The Morgan fingerprint density at radius 3 is 2.58 bits per heavy atom. The highest BCUT2D eigenvalue weighted by atomic mass is 35.5. The summed E-state index contributed by atoms with van der Waals surface area (Å²) in [5.41, 5.74) is 1.74. The summed E-state index contributed by atoms with van der Waals surface area (Å²) in [5, 5.41) is 5.32. The maximum absolute atomic E-state index is 13.5. The normalized spacial score (nSPS) is 11.9. The second kappa shape index (κ2) is 9.23. The number of nitrogens with zero attached hydrogens (tertiary/aromatic N) is 4. The van der Waals surface area contributed by atoms with Crippen LogP contribution in [0.15, 0.2) is 58.5 Å². The first-order chi connectivity index (χ1) is 15.7. The number of hydrogen-bond donors (Lipinski definition) is 0.